The molecule has 0 aromatic heterocycles. The third-order valence-electron chi connectivity index (χ3n) is 8.81. The molecule has 5 aliphatic heterocycles. The van der Waals surface area contributed by atoms with Crippen molar-refractivity contribution in [3.8, 4) is 11.5 Å². The van der Waals surface area contributed by atoms with E-state index < -0.39 is 0 Å². The van der Waals surface area contributed by atoms with Gasteiger partial charge < -0.3 is 19.1 Å². The van der Waals surface area contributed by atoms with E-state index in [-0.39, 0.29) is 23.5 Å². The molecule has 3 saturated heterocycles. The van der Waals surface area contributed by atoms with Crippen molar-refractivity contribution >= 4 is 11.6 Å². The first-order valence-electron chi connectivity index (χ1n) is 10.8. The second-order valence-electron chi connectivity index (χ2n) is 9.48. The topological polar surface area (TPSA) is 51.2 Å². The van der Waals surface area contributed by atoms with E-state index in [0.717, 1.165) is 30.9 Å². The van der Waals surface area contributed by atoms with Crippen molar-refractivity contribution in [3.63, 3.8) is 0 Å². The number of hydrogen-bond donors (Lipinski definition) is 0. The standard InChI is InChI=1S/C23H26N2O4/c1-27-16-8-14-15(9-17(16)28-2)25-20(26)10-18-21-13-7-19-23(14,22(21)25)4-5-24(19)11-12(13)3-6-29-18/h3,8-9,13,18-19,21-22H,4-7,10-11H2,1-2H3/t13?,18-,19?,21-,22?,23?/m0/s1. The van der Waals surface area contributed by atoms with Gasteiger partial charge in [0.15, 0.2) is 11.5 Å². The first kappa shape index (κ1) is 16.7. The predicted molar refractivity (Wildman–Crippen MR) is 107 cm³/mol. The minimum atomic E-state index is -0.0242. The second-order valence-corrected chi connectivity index (χ2v) is 9.48. The van der Waals surface area contributed by atoms with E-state index in [0.29, 0.717) is 36.7 Å². The van der Waals surface area contributed by atoms with Gasteiger partial charge in [-0.3, -0.25) is 9.69 Å². The number of piperidine rings is 2. The van der Waals surface area contributed by atoms with Gasteiger partial charge in [0.05, 0.1) is 45.1 Å². The molecule has 1 aromatic carbocycles. The van der Waals surface area contributed by atoms with Gasteiger partial charge in [0.1, 0.15) is 0 Å². The minimum absolute atomic E-state index is 0.0242. The van der Waals surface area contributed by atoms with Crippen molar-refractivity contribution in [2.75, 3.05) is 38.8 Å². The highest BCUT2D eigenvalue weighted by molar-refractivity contribution is 5.99. The summed E-state index contributed by atoms with van der Waals surface area (Å²) in [5.74, 6) is 2.57. The molecule has 6 aliphatic rings. The molecule has 1 aliphatic carbocycles. The maximum absolute atomic E-state index is 13.5. The summed E-state index contributed by atoms with van der Waals surface area (Å²) in [6.45, 7) is 2.80. The molecule has 6 nitrogen and oxygen atoms in total. The van der Waals surface area contributed by atoms with Crippen LogP contribution in [0.4, 0.5) is 5.69 Å². The first-order chi connectivity index (χ1) is 14.2. The van der Waals surface area contributed by atoms with Gasteiger partial charge in [-0.25, -0.2) is 0 Å². The van der Waals surface area contributed by atoms with Crippen LogP contribution in [0.3, 0.4) is 0 Å². The molecule has 29 heavy (non-hydrogen) atoms. The Kier molecular flexibility index (Phi) is 3.08. The summed E-state index contributed by atoms with van der Waals surface area (Å²) in [4.78, 5) is 18.3. The molecular formula is C23H26N2O4. The van der Waals surface area contributed by atoms with Crippen molar-refractivity contribution in [2.45, 2.75) is 42.9 Å². The first-order valence-corrected chi connectivity index (χ1v) is 10.8. The molecule has 2 bridgehead atoms. The summed E-state index contributed by atoms with van der Waals surface area (Å²) in [5, 5.41) is 0. The SMILES string of the molecule is COc1cc2c(cc1OC)C13CCN4CC5=CCO[C@H]6CC(=O)N2C1[C@H]6C5CC43. The number of rotatable bonds is 2. The normalized spacial score (nSPS) is 41.0. The maximum Gasteiger partial charge on any atom is 0.229 e. The number of benzene rings is 1. The molecule has 6 atom stereocenters. The van der Waals surface area contributed by atoms with Crippen LogP contribution in [0, 0.1) is 11.8 Å². The molecule has 1 spiro atoms. The van der Waals surface area contributed by atoms with Gasteiger partial charge in [0.2, 0.25) is 5.91 Å². The van der Waals surface area contributed by atoms with Crippen molar-refractivity contribution in [1.82, 2.24) is 4.90 Å². The van der Waals surface area contributed by atoms with Crippen LogP contribution >= 0.6 is 0 Å². The summed E-state index contributed by atoms with van der Waals surface area (Å²) >= 11 is 0. The Hall–Kier alpha value is -2.05. The van der Waals surface area contributed by atoms with Crippen LogP contribution in [0.15, 0.2) is 23.8 Å². The molecule has 152 valence electrons. The number of ether oxygens (including phenoxy) is 3. The Balaban J connectivity index is 1.52. The van der Waals surface area contributed by atoms with Crippen LogP contribution < -0.4 is 14.4 Å². The molecule has 0 N–H and O–H groups in total. The number of fused-ring (bicyclic) bond motifs is 2. The average Bonchev–Trinajstić information content (AvgIpc) is 3.20. The number of anilines is 1. The van der Waals surface area contributed by atoms with Crippen LogP contribution in [0.2, 0.25) is 0 Å². The number of carbonyl (C=O) groups is 1. The number of amides is 1. The Morgan fingerprint density at radius 1 is 1.21 bits per heavy atom. The molecule has 1 saturated carbocycles. The van der Waals surface area contributed by atoms with Gasteiger partial charge in [-0.1, -0.05) is 11.6 Å². The number of methoxy groups -OCH3 is 2. The highest BCUT2D eigenvalue weighted by atomic mass is 16.5. The van der Waals surface area contributed by atoms with E-state index in [1.54, 1.807) is 19.8 Å². The zero-order chi connectivity index (χ0) is 19.5. The largest absolute Gasteiger partial charge is 0.493 e. The van der Waals surface area contributed by atoms with Crippen molar-refractivity contribution < 1.29 is 19.0 Å². The third kappa shape index (κ3) is 1.76. The smallest absolute Gasteiger partial charge is 0.229 e. The average molecular weight is 394 g/mol. The van der Waals surface area contributed by atoms with Crippen LogP contribution in [-0.2, 0) is 14.9 Å². The number of nitrogens with zero attached hydrogens (tertiary/aromatic N) is 2. The van der Waals surface area contributed by atoms with Crippen LogP contribution in [0.1, 0.15) is 24.8 Å². The molecule has 0 radical (unpaired) electrons. The lowest BCUT2D eigenvalue weighted by atomic mass is 9.53. The lowest BCUT2D eigenvalue weighted by Gasteiger charge is -2.58. The molecule has 1 amide bonds. The number of hydrogen-bond acceptors (Lipinski definition) is 5. The Labute approximate surface area is 170 Å². The van der Waals surface area contributed by atoms with Gasteiger partial charge in [-0.05, 0) is 36.9 Å². The van der Waals surface area contributed by atoms with E-state index in [1.165, 1.54) is 12.0 Å². The molecule has 6 heteroatoms. The second kappa shape index (κ2) is 5.35. The molecule has 5 heterocycles. The van der Waals surface area contributed by atoms with Gasteiger partial charge >= 0.3 is 0 Å². The van der Waals surface area contributed by atoms with E-state index in [2.05, 4.69) is 21.9 Å². The van der Waals surface area contributed by atoms with E-state index >= 15 is 0 Å². The van der Waals surface area contributed by atoms with E-state index in [1.807, 2.05) is 6.07 Å². The number of carbonyl (C=O) groups excluding carboxylic acids is 1. The van der Waals surface area contributed by atoms with Gasteiger partial charge in [0, 0.05) is 30.0 Å². The Morgan fingerprint density at radius 2 is 2.03 bits per heavy atom. The highest BCUT2D eigenvalue weighted by Gasteiger charge is 2.71. The Morgan fingerprint density at radius 3 is 2.86 bits per heavy atom. The lowest BCUT2D eigenvalue weighted by Crippen LogP contribution is -2.69. The van der Waals surface area contributed by atoms with Crippen LogP contribution in [0.25, 0.3) is 0 Å². The molecule has 4 unspecified atom stereocenters. The highest BCUT2D eigenvalue weighted by Crippen LogP contribution is 2.66. The van der Waals surface area contributed by atoms with Gasteiger partial charge in [-0.2, -0.15) is 0 Å². The fraction of sp³-hybridized carbons (Fsp3) is 0.609. The lowest BCUT2D eigenvalue weighted by molar-refractivity contribution is -0.132. The summed E-state index contributed by atoms with van der Waals surface area (Å²) < 4.78 is 17.6. The Bertz CT molecular complexity index is 974. The monoisotopic (exact) mass is 394 g/mol. The van der Waals surface area contributed by atoms with E-state index in [4.69, 9.17) is 14.2 Å². The van der Waals surface area contributed by atoms with Gasteiger partial charge in [0.25, 0.3) is 0 Å². The fourth-order valence-corrected chi connectivity index (χ4v) is 7.87. The minimum Gasteiger partial charge on any atom is -0.493 e. The molecule has 4 fully saturated rings. The zero-order valence-corrected chi connectivity index (χ0v) is 16.9. The third-order valence-corrected chi connectivity index (χ3v) is 8.81. The summed E-state index contributed by atoms with van der Waals surface area (Å²) in [5.41, 5.74) is 3.85. The zero-order valence-electron chi connectivity index (χ0n) is 16.9. The predicted octanol–water partition coefficient (Wildman–Crippen LogP) is 2.11. The van der Waals surface area contributed by atoms with Gasteiger partial charge in [-0.15, -0.1) is 0 Å². The summed E-state index contributed by atoms with van der Waals surface area (Å²) in [6, 6.07) is 4.87. The van der Waals surface area contributed by atoms with Crippen molar-refractivity contribution in [1.29, 1.82) is 0 Å². The van der Waals surface area contributed by atoms with Crippen molar-refractivity contribution in [3.05, 3.63) is 29.3 Å². The quantitative estimate of drug-likeness (QED) is 0.719. The summed E-state index contributed by atoms with van der Waals surface area (Å²) in [6.07, 6.45) is 5.11. The van der Waals surface area contributed by atoms with Crippen LogP contribution in [0.5, 0.6) is 11.5 Å². The molecule has 1 aromatic rings. The molecule has 7 rings (SSSR count). The summed E-state index contributed by atoms with van der Waals surface area (Å²) in [7, 11) is 3.36. The van der Waals surface area contributed by atoms with E-state index in [9.17, 15) is 4.79 Å². The van der Waals surface area contributed by atoms with Crippen LogP contribution in [-0.4, -0.2) is 62.9 Å². The molecular weight excluding hydrogens is 368 g/mol. The maximum atomic E-state index is 13.5. The fourth-order valence-electron chi connectivity index (χ4n) is 7.87. The van der Waals surface area contributed by atoms with Crippen molar-refractivity contribution in [2.24, 2.45) is 11.8 Å².